The summed E-state index contributed by atoms with van der Waals surface area (Å²) in [7, 11) is 0. The van der Waals surface area contributed by atoms with Crippen LogP contribution in [0.1, 0.15) is 23.6 Å². The maximum Gasteiger partial charge on any atom is 0.244 e. The molecule has 3 N–H and O–H groups in total. The monoisotopic (exact) mass is 524 g/mol. The Hall–Kier alpha value is -3.40. The number of nitrogens with two attached hydrogens (primary N) is 1. The van der Waals surface area contributed by atoms with Gasteiger partial charge in [0.1, 0.15) is 23.9 Å². The second-order valence-corrected chi connectivity index (χ2v) is 9.98. The number of nitrogens with zero attached hydrogens (tertiary/aromatic N) is 3. The molecule has 0 unspecified atom stereocenters. The molecule has 0 aliphatic heterocycles. The molecule has 2 heterocycles. The fourth-order valence-electron chi connectivity index (χ4n) is 4.17. The van der Waals surface area contributed by atoms with Crippen LogP contribution in [0.3, 0.4) is 0 Å². The lowest BCUT2D eigenvalue weighted by atomic mass is 10.0. The maximum absolute atomic E-state index is 13.6. The van der Waals surface area contributed by atoms with E-state index in [1.165, 1.54) is 12.1 Å². The third-order valence-corrected chi connectivity index (χ3v) is 7.03. The van der Waals surface area contributed by atoms with Crippen LogP contribution in [-0.2, 0) is 30.7 Å². The summed E-state index contributed by atoms with van der Waals surface area (Å²) in [5.74, 6) is -1.64. The minimum absolute atomic E-state index is 0.00406. The first kappa shape index (κ1) is 26.7. The average Bonchev–Trinajstić information content (AvgIpc) is 3.55. The predicted octanol–water partition coefficient (Wildman–Crippen LogP) is 4.41. The molecule has 0 aliphatic carbocycles. The van der Waals surface area contributed by atoms with Crippen LogP contribution in [0.4, 0.5) is 8.78 Å². The van der Waals surface area contributed by atoms with Gasteiger partial charge in [0.05, 0.1) is 11.0 Å². The molecule has 2 aromatic carbocycles. The number of benzene rings is 2. The van der Waals surface area contributed by atoms with Crippen LogP contribution in [0.5, 0.6) is 0 Å². The Kier molecular flexibility index (Phi) is 8.81. The molecule has 9 heteroatoms. The Bertz CT molecular complexity index is 1310. The van der Waals surface area contributed by atoms with Crippen molar-refractivity contribution in [3.05, 3.63) is 101 Å². The fraction of sp³-hybridized carbons (Fsp3) is 0.286. The van der Waals surface area contributed by atoms with Crippen molar-refractivity contribution in [2.24, 2.45) is 5.73 Å². The SMILES string of the molecule is CCc1cccc(CN(C[C@@H](O)[C@@H](N)Cc2cc(F)cc(F)c2)C(=O)Cn2ccc(-c3cccs3)n2)c1. The van der Waals surface area contributed by atoms with Crippen LogP contribution in [0.25, 0.3) is 10.6 Å². The van der Waals surface area contributed by atoms with E-state index in [0.29, 0.717) is 5.56 Å². The molecule has 0 fully saturated rings. The molecule has 4 aromatic rings. The molecule has 194 valence electrons. The van der Waals surface area contributed by atoms with Gasteiger partial charge in [-0.3, -0.25) is 9.48 Å². The van der Waals surface area contributed by atoms with E-state index in [1.807, 2.05) is 47.8 Å². The van der Waals surface area contributed by atoms with Gasteiger partial charge in [0, 0.05) is 31.4 Å². The van der Waals surface area contributed by atoms with E-state index >= 15 is 0 Å². The minimum Gasteiger partial charge on any atom is -0.390 e. The second kappa shape index (κ2) is 12.2. The lowest BCUT2D eigenvalue weighted by Crippen LogP contribution is -2.47. The van der Waals surface area contributed by atoms with E-state index in [0.717, 1.165) is 34.2 Å². The van der Waals surface area contributed by atoms with Gasteiger partial charge in [0.2, 0.25) is 5.91 Å². The molecule has 2 aromatic heterocycles. The topological polar surface area (TPSA) is 84.4 Å². The van der Waals surface area contributed by atoms with E-state index in [4.69, 9.17) is 5.73 Å². The fourth-order valence-corrected chi connectivity index (χ4v) is 4.86. The molecule has 1 amide bonds. The van der Waals surface area contributed by atoms with Crippen LogP contribution in [0, 0.1) is 11.6 Å². The Balaban J connectivity index is 1.49. The Morgan fingerprint density at radius 3 is 2.54 bits per heavy atom. The molecular weight excluding hydrogens is 494 g/mol. The number of thiophene rings is 1. The van der Waals surface area contributed by atoms with Crippen molar-refractivity contribution in [3.63, 3.8) is 0 Å². The highest BCUT2D eigenvalue weighted by atomic mass is 32.1. The number of amides is 1. The summed E-state index contributed by atoms with van der Waals surface area (Å²) in [6.45, 7) is 2.30. The number of hydrogen-bond acceptors (Lipinski definition) is 5. The number of aliphatic hydroxyl groups excluding tert-OH is 1. The maximum atomic E-state index is 13.6. The molecule has 6 nitrogen and oxygen atoms in total. The first-order valence-corrected chi connectivity index (χ1v) is 13.0. The number of aromatic nitrogens is 2. The molecule has 4 rings (SSSR count). The molecule has 0 spiro atoms. The van der Waals surface area contributed by atoms with Gasteiger partial charge in [-0.1, -0.05) is 37.3 Å². The number of rotatable bonds is 11. The van der Waals surface area contributed by atoms with Crippen LogP contribution in [0.2, 0.25) is 0 Å². The number of hydrogen-bond donors (Lipinski definition) is 2. The van der Waals surface area contributed by atoms with Gasteiger partial charge in [-0.05, 0) is 59.2 Å². The molecule has 2 atom stereocenters. The summed E-state index contributed by atoms with van der Waals surface area (Å²) in [5.41, 5.74) is 9.40. The lowest BCUT2D eigenvalue weighted by molar-refractivity contribution is -0.134. The molecule has 0 saturated carbocycles. The smallest absolute Gasteiger partial charge is 0.244 e. The molecule has 0 bridgehead atoms. The van der Waals surface area contributed by atoms with Crippen molar-refractivity contribution in [1.29, 1.82) is 0 Å². The minimum atomic E-state index is -1.11. The van der Waals surface area contributed by atoms with Gasteiger partial charge < -0.3 is 15.7 Å². The first-order valence-electron chi connectivity index (χ1n) is 12.1. The van der Waals surface area contributed by atoms with E-state index in [-0.39, 0.29) is 32.0 Å². The highest BCUT2D eigenvalue weighted by Crippen LogP contribution is 2.22. The largest absolute Gasteiger partial charge is 0.390 e. The zero-order valence-corrected chi connectivity index (χ0v) is 21.4. The van der Waals surface area contributed by atoms with Crippen LogP contribution >= 0.6 is 11.3 Å². The normalized spacial score (nSPS) is 12.9. The molecular formula is C28H30F2N4O2S. The second-order valence-electron chi connectivity index (χ2n) is 9.04. The number of aliphatic hydroxyl groups is 1. The summed E-state index contributed by atoms with van der Waals surface area (Å²) >= 11 is 1.57. The van der Waals surface area contributed by atoms with Crippen molar-refractivity contribution < 1.29 is 18.7 Å². The van der Waals surface area contributed by atoms with E-state index in [9.17, 15) is 18.7 Å². The summed E-state index contributed by atoms with van der Waals surface area (Å²) in [4.78, 5) is 16.0. The van der Waals surface area contributed by atoms with Gasteiger partial charge in [0.15, 0.2) is 0 Å². The number of carbonyl (C=O) groups is 1. The highest BCUT2D eigenvalue weighted by molar-refractivity contribution is 7.13. The Morgan fingerprint density at radius 2 is 1.84 bits per heavy atom. The Morgan fingerprint density at radius 1 is 1.08 bits per heavy atom. The third kappa shape index (κ3) is 7.31. The van der Waals surface area contributed by atoms with Gasteiger partial charge in [-0.15, -0.1) is 11.3 Å². The summed E-state index contributed by atoms with van der Waals surface area (Å²) in [5, 5.41) is 17.4. The zero-order valence-electron chi connectivity index (χ0n) is 20.6. The van der Waals surface area contributed by atoms with Crippen molar-refractivity contribution in [2.75, 3.05) is 6.54 Å². The molecule has 0 aliphatic rings. The lowest BCUT2D eigenvalue weighted by Gasteiger charge is -2.28. The van der Waals surface area contributed by atoms with Crippen molar-refractivity contribution in [2.45, 2.75) is 45.0 Å². The summed E-state index contributed by atoms with van der Waals surface area (Å²) in [6.07, 6.45) is 1.57. The van der Waals surface area contributed by atoms with E-state index in [2.05, 4.69) is 12.0 Å². The zero-order chi connectivity index (χ0) is 26.4. The Labute approximate surface area is 219 Å². The standard InChI is InChI=1S/C28H30F2N4O2S/c1-2-19-5-3-6-20(11-19)16-33(17-26(35)24(31)14-21-12-22(29)15-23(30)13-21)28(36)18-34-9-8-25(32-34)27-7-4-10-37-27/h3-13,15,24,26,35H,2,14,16-18,31H2,1H3/t24-,26+/m0/s1. The van der Waals surface area contributed by atoms with Crippen LogP contribution < -0.4 is 5.73 Å². The van der Waals surface area contributed by atoms with E-state index < -0.39 is 23.8 Å². The van der Waals surface area contributed by atoms with Gasteiger partial charge in [0.25, 0.3) is 0 Å². The van der Waals surface area contributed by atoms with Gasteiger partial charge in [-0.2, -0.15) is 5.10 Å². The predicted molar refractivity (Wildman–Crippen MR) is 141 cm³/mol. The molecule has 0 saturated heterocycles. The summed E-state index contributed by atoms with van der Waals surface area (Å²) < 4.78 is 28.8. The van der Waals surface area contributed by atoms with Crippen LogP contribution in [-0.4, -0.2) is 44.4 Å². The summed E-state index contributed by atoms with van der Waals surface area (Å²) in [6, 6.07) is 16.0. The number of halogens is 2. The van der Waals surface area contributed by atoms with Crippen molar-refractivity contribution in [1.82, 2.24) is 14.7 Å². The average molecular weight is 525 g/mol. The van der Waals surface area contributed by atoms with Crippen molar-refractivity contribution >= 4 is 17.2 Å². The van der Waals surface area contributed by atoms with Crippen LogP contribution in [0.15, 0.2) is 72.2 Å². The number of aryl methyl sites for hydroxylation is 1. The van der Waals surface area contributed by atoms with Gasteiger partial charge in [-0.25, -0.2) is 8.78 Å². The van der Waals surface area contributed by atoms with Crippen molar-refractivity contribution in [3.8, 4) is 10.6 Å². The van der Waals surface area contributed by atoms with Gasteiger partial charge >= 0.3 is 0 Å². The third-order valence-electron chi connectivity index (χ3n) is 6.13. The molecule has 0 radical (unpaired) electrons. The highest BCUT2D eigenvalue weighted by Gasteiger charge is 2.24. The number of carbonyl (C=O) groups excluding carboxylic acids is 1. The quantitative estimate of drug-likeness (QED) is 0.304. The molecule has 37 heavy (non-hydrogen) atoms. The first-order chi connectivity index (χ1) is 17.8. The van der Waals surface area contributed by atoms with E-state index in [1.54, 1.807) is 27.1 Å².